The summed E-state index contributed by atoms with van der Waals surface area (Å²) in [7, 11) is -4.26. The van der Waals surface area contributed by atoms with Crippen LogP contribution in [0.3, 0.4) is 0 Å². The fraction of sp³-hybridized carbons (Fsp3) is 0.350. The molecule has 0 radical (unpaired) electrons. The van der Waals surface area contributed by atoms with Gasteiger partial charge in [-0.1, -0.05) is 12.1 Å². The minimum atomic E-state index is -4.66. The highest BCUT2D eigenvalue weighted by molar-refractivity contribution is 7.89. The van der Waals surface area contributed by atoms with E-state index >= 15 is 0 Å². The van der Waals surface area contributed by atoms with Crippen LogP contribution in [0.15, 0.2) is 47.4 Å². The number of alkyl halides is 3. The van der Waals surface area contributed by atoms with Gasteiger partial charge in [0.2, 0.25) is 15.9 Å². The molecule has 6 nitrogen and oxygen atoms in total. The molecular weight excluding hydrogens is 421 g/mol. The molecule has 1 aliphatic rings. The molecule has 3 rings (SSSR count). The minimum absolute atomic E-state index is 0.154. The number of sulfonamides is 1. The van der Waals surface area contributed by atoms with Crippen LogP contribution in [0, 0.1) is 0 Å². The number of carbonyl (C=O) groups excluding carboxylic acids is 1. The topological polar surface area (TPSA) is 84.5 Å². The van der Waals surface area contributed by atoms with Crippen molar-refractivity contribution in [3.63, 3.8) is 0 Å². The molecule has 0 aromatic heterocycles. The Kier molecular flexibility index (Phi) is 6.67. The van der Waals surface area contributed by atoms with Crippen molar-refractivity contribution in [1.29, 1.82) is 0 Å². The van der Waals surface area contributed by atoms with Gasteiger partial charge in [0.05, 0.1) is 23.5 Å². The summed E-state index contributed by atoms with van der Waals surface area (Å²) >= 11 is 0. The lowest BCUT2D eigenvalue weighted by atomic mass is 10.1. The lowest BCUT2D eigenvalue weighted by molar-refractivity contribution is -0.137. The number of ether oxygens (including phenoxy) is 1. The Bertz CT molecular complexity index is 1020. The Morgan fingerprint density at radius 1 is 1.07 bits per heavy atom. The molecule has 0 heterocycles. The number of hydrogen-bond donors (Lipinski definition) is 2. The molecule has 162 valence electrons. The summed E-state index contributed by atoms with van der Waals surface area (Å²) in [6.07, 6.45) is -1.44. The van der Waals surface area contributed by atoms with Gasteiger partial charge in [-0.2, -0.15) is 13.2 Å². The van der Waals surface area contributed by atoms with Gasteiger partial charge in [-0.3, -0.25) is 4.79 Å². The molecule has 0 saturated heterocycles. The van der Waals surface area contributed by atoms with Crippen LogP contribution < -0.4 is 14.8 Å². The maximum atomic E-state index is 12.7. The van der Waals surface area contributed by atoms with E-state index in [0.29, 0.717) is 11.8 Å². The molecule has 0 saturated carbocycles. The highest BCUT2D eigenvalue weighted by Crippen LogP contribution is 2.30. The standard InChI is InChI=1S/C20H21F3N2O4S/c21-20(22,23)16-5-2-6-18(12-16)30(27,28)25-13-19(26)24-9-10-29-17-8-7-14-3-1-4-15(14)11-17/h2,5-8,11-12,25H,1,3-4,9-10,13H2,(H,24,26). The van der Waals surface area contributed by atoms with Crippen molar-refractivity contribution in [2.75, 3.05) is 19.7 Å². The Hall–Kier alpha value is -2.59. The van der Waals surface area contributed by atoms with E-state index in [1.54, 1.807) is 0 Å². The summed E-state index contributed by atoms with van der Waals surface area (Å²) in [5.74, 6) is 0.0817. The van der Waals surface area contributed by atoms with Crippen LogP contribution in [0.5, 0.6) is 5.75 Å². The van der Waals surface area contributed by atoms with Gasteiger partial charge < -0.3 is 10.1 Å². The van der Waals surface area contributed by atoms with E-state index in [9.17, 15) is 26.4 Å². The molecule has 1 aliphatic carbocycles. The van der Waals surface area contributed by atoms with Crippen molar-refractivity contribution >= 4 is 15.9 Å². The summed E-state index contributed by atoms with van der Waals surface area (Å²) in [4.78, 5) is 11.3. The molecule has 30 heavy (non-hydrogen) atoms. The van der Waals surface area contributed by atoms with Crippen LogP contribution in [-0.4, -0.2) is 34.0 Å². The van der Waals surface area contributed by atoms with Gasteiger partial charge in [-0.05, 0) is 60.7 Å². The molecule has 2 N–H and O–H groups in total. The third-order valence-electron chi connectivity index (χ3n) is 4.66. The van der Waals surface area contributed by atoms with E-state index in [1.807, 2.05) is 22.9 Å². The second-order valence-electron chi connectivity index (χ2n) is 6.83. The summed E-state index contributed by atoms with van der Waals surface area (Å²) < 4.78 is 70.1. The predicted molar refractivity (Wildman–Crippen MR) is 104 cm³/mol. The van der Waals surface area contributed by atoms with Crippen molar-refractivity contribution in [3.05, 3.63) is 59.2 Å². The van der Waals surface area contributed by atoms with Gasteiger partial charge in [-0.15, -0.1) is 0 Å². The number of nitrogens with one attached hydrogen (secondary N) is 2. The van der Waals surface area contributed by atoms with Crippen molar-refractivity contribution in [3.8, 4) is 5.75 Å². The number of hydrogen-bond acceptors (Lipinski definition) is 4. The van der Waals surface area contributed by atoms with Crippen LogP contribution in [0.25, 0.3) is 0 Å². The molecule has 1 amide bonds. The summed E-state index contributed by atoms with van der Waals surface area (Å²) in [5, 5.41) is 2.49. The first kappa shape index (κ1) is 22.1. The van der Waals surface area contributed by atoms with Crippen molar-refractivity contribution < 1.29 is 31.1 Å². The lowest BCUT2D eigenvalue weighted by Gasteiger charge is -2.11. The van der Waals surface area contributed by atoms with E-state index in [4.69, 9.17) is 4.74 Å². The van der Waals surface area contributed by atoms with Crippen LogP contribution in [0.2, 0.25) is 0 Å². The van der Waals surface area contributed by atoms with E-state index in [-0.39, 0.29) is 13.2 Å². The first-order valence-electron chi connectivity index (χ1n) is 9.33. The Morgan fingerprint density at radius 3 is 2.60 bits per heavy atom. The Morgan fingerprint density at radius 2 is 1.83 bits per heavy atom. The maximum absolute atomic E-state index is 12.7. The highest BCUT2D eigenvalue weighted by Gasteiger charge is 2.31. The SMILES string of the molecule is O=C(CNS(=O)(=O)c1cccc(C(F)(F)F)c1)NCCOc1ccc2c(c1)CCC2. The number of halogens is 3. The fourth-order valence-electron chi connectivity index (χ4n) is 3.14. The van der Waals surface area contributed by atoms with Gasteiger partial charge in [-0.25, -0.2) is 13.1 Å². The van der Waals surface area contributed by atoms with Crippen molar-refractivity contribution in [2.45, 2.75) is 30.3 Å². The van der Waals surface area contributed by atoms with Gasteiger partial charge in [0.25, 0.3) is 0 Å². The number of carbonyl (C=O) groups is 1. The van der Waals surface area contributed by atoms with E-state index in [2.05, 4.69) is 5.32 Å². The molecule has 0 bridgehead atoms. The first-order valence-corrected chi connectivity index (χ1v) is 10.8. The quantitative estimate of drug-likeness (QED) is 0.616. The highest BCUT2D eigenvalue weighted by atomic mass is 32.2. The number of fused-ring (bicyclic) bond motifs is 1. The van der Waals surface area contributed by atoms with Gasteiger partial charge in [0, 0.05) is 0 Å². The zero-order valence-electron chi connectivity index (χ0n) is 16.0. The first-order chi connectivity index (χ1) is 14.1. The number of benzene rings is 2. The lowest BCUT2D eigenvalue weighted by Crippen LogP contribution is -2.38. The normalized spacial score (nSPS) is 13.7. The monoisotopic (exact) mass is 442 g/mol. The van der Waals surface area contributed by atoms with E-state index < -0.39 is 39.1 Å². The number of rotatable bonds is 8. The molecule has 0 aliphatic heterocycles. The predicted octanol–water partition coefficient (Wildman–Crippen LogP) is 2.67. The van der Waals surface area contributed by atoms with Gasteiger partial charge >= 0.3 is 6.18 Å². The molecule has 0 spiro atoms. The smallest absolute Gasteiger partial charge is 0.416 e. The summed E-state index contributed by atoms with van der Waals surface area (Å²) in [6, 6.07) is 9.19. The van der Waals surface area contributed by atoms with Crippen LogP contribution >= 0.6 is 0 Å². The average molecular weight is 442 g/mol. The third-order valence-corrected chi connectivity index (χ3v) is 6.06. The Labute approximate surface area is 172 Å². The number of aryl methyl sites for hydroxylation is 2. The fourth-order valence-corrected chi connectivity index (χ4v) is 4.17. The largest absolute Gasteiger partial charge is 0.492 e. The second kappa shape index (κ2) is 9.05. The molecule has 0 atom stereocenters. The van der Waals surface area contributed by atoms with Gasteiger partial charge in [0.1, 0.15) is 12.4 Å². The zero-order chi connectivity index (χ0) is 21.8. The molecule has 0 fully saturated rings. The molecule has 2 aromatic carbocycles. The number of amides is 1. The van der Waals surface area contributed by atoms with E-state index in [1.165, 1.54) is 11.1 Å². The van der Waals surface area contributed by atoms with Crippen molar-refractivity contribution in [2.24, 2.45) is 0 Å². The third kappa shape index (κ3) is 5.73. The van der Waals surface area contributed by atoms with Gasteiger partial charge in [0.15, 0.2) is 0 Å². The molecule has 10 heteroatoms. The molecular formula is C20H21F3N2O4S. The second-order valence-corrected chi connectivity index (χ2v) is 8.60. The van der Waals surface area contributed by atoms with Crippen LogP contribution in [0.1, 0.15) is 23.1 Å². The maximum Gasteiger partial charge on any atom is 0.416 e. The Balaban J connectivity index is 1.44. The molecule has 2 aromatic rings. The van der Waals surface area contributed by atoms with E-state index in [0.717, 1.165) is 37.5 Å². The van der Waals surface area contributed by atoms with Crippen molar-refractivity contribution in [1.82, 2.24) is 10.0 Å². The summed E-state index contributed by atoms with van der Waals surface area (Å²) in [6.45, 7) is -0.246. The molecule has 0 unspecified atom stereocenters. The summed E-state index contributed by atoms with van der Waals surface area (Å²) in [5.41, 5.74) is 1.50. The van der Waals surface area contributed by atoms with Crippen LogP contribution in [-0.2, 0) is 33.8 Å². The zero-order valence-corrected chi connectivity index (χ0v) is 16.8. The average Bonchev–Trinajstić information content (AvgIpc) is 3.17. The minimum Gasteiger partial charge on any atom is -0.492 e. The van der Waals surface area contributed by atoms with Crippen LogP contribution in [0.4, 0.5) is 13.2 Å².